The van der Waals surface area contributed by atoms with Crippen molar-refractivity contribution in [1.29, 1.82) is 0 Å². The Labute approximate surface area is 209 Å². The molecule has 0 spiro atoms. The van der Waals surface area contributed by atoms with Crippen molar-refractivity contribution in [1.82, 2.24) is 4.90 Å². The maximum absolute atomic E-state index is 13.3. The maximum Gasteiger partial charge on any atom is 0.256 e. The van der Waals surface area contributed by atoms with E-state index in [0.29, 0.717) is 11.5 Å². The van der Waals surface area contributed by atoms with E-state index in [1.807, 2.05) is 36.4 Å². The van der Waals surface area contributed by atoms with E-state index in [4.69, 9.17) is 4.74 Å². The number of methoxy groups -OCH3 is 1. The van der Waals surface area contributed by atoms with Crippen molar-refractivity contribution in [3.63, 3.8) is 0 Å². The Kier molecular flexibility index (Phi) is 7.88. The molecule has 0 aliphatic carbocycles. The van der Waals surface area contributed by atoms with Crippen LogP contribution in [0.1, 0.15) is 35.7 Å². The molecule has 1 N–H and O–H groups in total. The van der Waals surface area contributed by atoms with E-state index in [1.54, 1.807) is 7.11 Å². The third-order valence-corrected chi connectivity index (χ3v) is 6.61. The molecule has 3 aromatic carbocycles. The summed E-state index contributed by atoms with van der Waals surface area (Å²) in [6.07, 6.45) is 1.96. The van der Waals surface area contributed by atoms with E-state index >= 15 is 0 Å². The summed E-state index contributed by atoms with van der Waals surface area (Å²) in [5.74, 6) is 1.04. The van der Waals surface area contributed by atoms with Crippen LogP contribution in [-0.2, 0) is 0 Å². The highest BCUT2D eigenvalue weighted by molar-refractivity contribution is 6.09. The lowest BCUT2D eigenvalue weighted by Gasteiger charge is -2.35. The predicted molar refractivity (Wildman–Crippen MR) is 146 cm³/mol. The molecular weight excluding hydrogens is 434 g/mol. The van der Waals surface area contributed by atoms with E-state index in [9.17, 15) is 4.79 Å². The Hall–Kier alpha value is -3.57. The Morgan fingerprint density at radius 1 is 1.00 bits per heavy atom. The van der Waals surface area contributed by atoms with Gasteiger partial charge in [0, 0.05) is 49.7 Å². The normalized spacial score (nSPS) is 14.1. The molecular formula is C30H35N3O2. The number of ether oxygens (including phenoxy) is 1. The summed E-state index contributed by atoms with van der Waals surface area (Å²) in [4.78, 5) is 18.1. The van der Waals surface area contributed by atoms with Crippen LogP contribution in [0.5, 0.6) is 5.75 Å². The molecule has 35 heavy (non-hydrogen) atoms. The number of benzene rings is 3. The molecule has 1 heterocycles. The van der Waals surface area contributed by atoms with Crippen molar-refractivity contribution < 1.29 is 9.53 Å². The Morgan fingerprint density at radius 3 is 2.29 bits per heavy atom. The van der Waals surface area contributed by atoms with E-state index in [-0.39, 0.29) is 5.91 Å². The zero-order valence-electron chi connectivity index (χ0n) is 21.0. The molecule has 182 valence electrons. The summed E-state index contributed by atoms with van der Waals surface area (Å²) >= 11 is 0. The third-order valence-electron chi connectivity index (χ3n) is 6.61. The molecule has 1 saturated heterocycles. The molecule has 1 amide bonds. The summed E-state index contributed by atoms with van der Waals surface area (Å²) in [5, 5.41) is 3.07. The Balaban J connectivity index is 1.49. The van der Waals surface area contributed by atoms with Crippen LogP contribution in [0.2, 0.25) is 0 Å². The summed E-state index contributed by atoms with van der Waals surface area (Å²) in [6, 6.07) is 22.1. The molecule has 0 bridgehead atoms. The second-order valence-electron chi connectivity index (χ2n) is 9.27. The quantitative estimate of drug-likeness (QED) is 0.408. The van der Waals surface area contributed by atoms with Gasteiger partial charge in [-0.3, -0.25) is 9.69 Å². The van der Waals surface area contributed by atoms with Gasteiger partial charge < -0.3 is 15.0 Å². The number of rotatable bonds is 8. The van der Waals surface area contributed by atoms with Gasteiger partial charge in [-0.2, -0.15) is 0 Å². The van der Waals surface area contributed by atoms with Crippen LogP contribution in [0.4, 0.5) is 11.4 Å². The predicted octanol–water partition coefficient (Wildman–Crippen LogP) is 6.05. The Bertz CT molecular complexity index is 1150. The smallest absolute Gasteiger partial charge is 0.256 e. The van der Waals surface area contributed by atoms with Gasteiger partial charge in [0.2, 0.25) is 0 Å². The number of carbonyl (C=O) groups is 1. The molecule has 5 nitrogen and oxygen atoms in total. The monoisotopic (exact) mass is 469 g/mol. The zero-order valence-corrected chi connectivity index (χ0v) is 21.0. The molecule has 1 aliphatic rings. The molecule has 0 unspecified atom stereocenters. The van der Waals surface area contributed by atoms with Gasteiger partial charge in [0.1, 0.15) is 5.75 Å². The first-order valence-corrected chi connectivity index (χ1v) is 12.3. The Morgan fingerprint density at radius 2 is 1.69 bits per heavy atom. The number of nitrogens with zero attached hydrogens (tertiary/aromatic N) is 2. The third kappa shape index (κ3) is 5.92. The highest BCUT2D eigenvalue weighted by Crippen LogP contribution is 2.30. The topological polar surface area (TPSA) is 44.8 Å². The number of anilines is 2. The van der Waals surface area contributed by atoms with Crippen molar-refractivity contribution in [2.45, 2.75) is 19.8 Å². The molecule has 5 heteroatoms. The van der Waals surface area contributed by atoms with Crippen LogP contribution in [0.25, 0.3) is 11.1 Å². The highest BCUT2D eigenvalue weighted by atomic mass is 16.5. The second-order valence-corrected chi connectivity index (χ2v) is 9.27. The average molecular weight is 470 g/mol. The van der Waals surface area contributed by atoms with Crippen LogP contribution in [0, 0.1) is 0 Å². The zero-order chi connectivity index (χ0) is 24.8. The van der Waals surface area contributed by atoms with Crippen molar-refractivity contribution in [3.05, 3.63) is 90.5 Å². The molecule has 1 aliphatic heterocycles. The van der Waals surface area contributed by atoms with Crippen LogP contribution < -0.4 is 15.0 Å². The van der Waals surface area contributed by atoms with E-state index in [0.717, 1.165) is 55.3 Å². The fourth-order valence-electron chi connectivity index (χ4n) is 4.46. The van der Waals surface area contributed by atoms with Crippen molar-refractivity contribution in [3.8, 4) is 16.9 Å². The maximum atomic E-state index is 13.3. The number of hydrogen-bond donors (Lipinski definition) is 1. The molecule has 0 atom stereocenters. The summed E-state index contributed by atoms with van der Waals surface area (Å²) in [5.41, 5.74) is 5.68. The molecule has 3 aromatic rings. The molecule has 1 fully saturated rings. The molecule has 0 aromatic heterocycles. The minimum absolute atomic E-state index is 0.138. The number of piperazine rings is 1. The fourth-order valence-corrected chi connectivity index (χ4v) is 4.46. The minimum atomic E-state index is -0.138. The van der Waals surface area contributed by atoms with Gasteiger partial charge in [0.25, 0.3) is 5.91 Å². The van der Waals surface area contributed by atoms with Gasteiger partial charge >= 0.3 is 0 Å². The largest absolute Gasteiger partial charge is 0.497 e. The van der Waals surface area contributed by atoms with Gasteiger partial charge in [0.05, 0.1) is 7.11 Å². The first-order valence-electron chi connectivity index (χ1n) is 12.3. The van der Waals surface area contributed by atoms with Gasteiger partial charge in [-0.05, 0) is 65.1 Å². The van der Waals surface area contributed by atoms with Gasteiger partial charge in [-0.25, -0.2) is 0 Å². The summed E-state index contributed by atoms with van der Waals surface area (Å²) < 4.78 is 5.44. The minimum Gasteiger partial charge on any atom is -0.497 e. The van der Waals surface area contributed by atoms with Crippen LogP contribution in [0.3, 0.4) is 0 Å². The number of carbonyl (C=O) groups excluding carboxylic acids is 1. The number of amides is 1. The lowest BCUT2D eigenvalue weighted by molar-refractivity contribution is 0.102. The van der Waals surface area contributed by atoms with Gasteiger partial charge in [-0.15, -0.1) is 6.58 Å². The van der Waals surface area contributed by atoms with E-state index in [2.05, 4.69) is 71.9 Å². The summed E-state index contributed by atoms with van der Waals surface area (Å²) in [7, 11) is 1.64. The number of hydrogen-bond acceptors (Lipinski definition) is 4. The highest BCUT2D eigenvalue weighted by Gasteiger charge is 2.17. The van der Waals surface area contributed by atoms with Crippen LogP contribution >= 0.6 is 0 Å². The fraction of sp³-hybridized carbons (Fsp3) is 0.300. The first kappa shape index (κ1) is 24.6. The van der Waals surface area contributed by atoms with Crippen LogP contribution in [-0.4, -0.2) is 50.6 Å². The van der Waals surface area contributed by atoms with Crippen LogP contribution in [0.15, 0.2) is 79.4 Å². The first-order chi connectivity index (χ1) is 17.0. The van der Waals surface area contributed by atoms with Crippen molar-refractivity contribution >= 4 is 17.3 Å². The van der Waals surface area contributed by atoms with Gasteiger partial charge in [-0.1, -0.05) is 44.2 Å². The molecule has 0 saturated carbocycles. The lowest BCUT2D eigenvalue weighted by atomic mass is 9.95. The lowest BCUT2D eigenvalue weighted by Crippen LogP contribution is -2.46. The summed E-state index contributed by atoms with van der Waals surface area (Å²) in [6.45, 7) is 13.2. The van der Waals surface area contributed by atoms with Crippen molar-refractivity contribution in [2.75, 3.05) is 50.1 Å². The number of nitrogens with one attached hydrogen (secondary N) is 1. The van der Waals surface area contributed by atoms with E-state index in [1.165, 1.54) is 11.3 Å². The molecule has 4 rings (SSSR count). The SMILES string of the molecule is C=CCN1CCN(c2ccc(NC(=O)c3ccc(OC)cc3-c3ccc(C(C)C)cc3)cc2)CC1. The van der Waals surface area contributed by atoms with Gasteiger partial charge in [0.15, 0.2) is 0 Å². The molecule has 0 radical (unpaired) electrons. The second kappa shape index (κ2) is 11.2. The van der Waals surface area contributed by atoms with E-state index < -0.39 is 0 Å². The average Bonchev–Trinajstić information content (AvgIpc) is 2.89. The van der Waals surface area contributed by atoms with Crippen molar-refractivity contribution in [2.24, 2.45) is 0 Å². The standard InChI is InChI=1S/C30H35N3O2/c1-5-16-32-17-19-33(20-18-32)26-12-10-25(11-13-26)31-30(34)28-15-14-27(35-4)21-29(28)24-8-6-23(7-9-24)22(2)3/h5-15,21-22H,1,16-20H2,2-4H3,(H,31,34).